The number of carbonyl (C=O) groups is 2. The Balaban J connectivity index is 1.94. The summed E-state index contributed by atoms with van der Waals surface area (Å²) >= 11 is 0. The molecule has 2 aliphatic rings. The Hall–Kier alpha value is -1.10. The lowest BCUT2D eigenvalue weighted by Crippen LogP contribution is -2.47. The van der Waals surface area contributed by atoms with Gasteiger partial charge in [-0.1, -0.05) is 6.92 Å². The average molecular weight is 241 g/mol. The molecule has 96 valence electrons. The summed E-state index contributed by atoms with van der Waals surface area (Å²) in [5, 5.41) is 11.9. The van der Waals surface area contributed by atoms with E-state index in [1.807, 2.05) is 6.92 Å². The molecule has 0 aromatic rings. The van der Waals surface area contributed by atoms with Crippen LogP contribution in [0.25, 0.3) is 0 Å². The molecule has 1 saturated heterocycles. The van der Waals surface area contributed by atoms with E-state index in [0.717, 1.165) is 25.9 Å². The van der Waals surface area contributed by atoms with Crippen LogP contribution in [0.15, 0.2) is 0 Å². The predicted octanol–water partition coefficient (Wildman–Crippen LogP) is 0.925. The second kappa shape index (κ2) is 4.64. The first-order chi connectivity index (χ1) is 8.10. The number of aliphatic carboxylic acids is 1. The van der Waals surface area contributed by atoms with Crippen molar-refractivity contribution in [1.82, 2.24) is 5.32 Å². The fourth-order valence-corrected chi connectivity index (χ4v) is 2.35. The van der Waals surface area contributed by atoms with Gasteiger partial charge in [-0.15, -0.1) is 0 Å². The highest BCUT2D eigenvalue weighted by Gasteiger charge is 2.57. The first kappa shape index (κ1) is 12.4. The third-order valence-corrected chi connectivity index (χ3v) is 3.76. The number of nitrogens with one attached hydrogen (secondary N) is 1. The zero-order chi connectivity index (χ0) is 12.5. The standard InChI is InChI=1S/C12H19NO4/c1-2-8(9-4-3-7-17-9)13-10(14)12(5-6-12)11(15)16/h8-9H,2-7H2,1H3,(H,13,14)(H,15,16). The van der Waals surface area contributed by atoms with Crippen molar-refractivity contribution >= 4 is 11.9 Å². The summed E-state index contributed by atoms with van der Waals surface area (Å²) in [5.41, 5.74) is -1.15. The summed E-state index contributed by atoms with van der Waals surface area (Å²) in [6, 6.07) is -0.0539. The SMILES string of the molecule is CCC(NC(=O)C1(C(=O)O)CC1)C1CCCO1. The Kier molecular flexibility index (Phi) is 3.38. The highest BCUT2D eigenvalue weighted by atomic mass is 16.5. The molecule has 0 spiro atoms. The first-order valence-electron chi connectivity index (χ1n) is 6.26. The second-order valence-corrected chi connectivity index (χ2v) is 4.93. The highest BCUT2D eigenvalue weighted by molar-refractivity contribution is 6.04. The lowest BCUT2D eigenvalue weighted by atomic mass is 10.0. The molecule has 5 heteroatoms. The lowest BCUT2D eigenvalue weighted by molar-refractivity contribution is -0.149. The number of amides is 1. The summed E-state index contributed by atoms with van der Waals surface area (Å²) in [6.07, 6.45) is 3.69. The number of rotatable bonds is 5. The van der Waals surface area contributed by atoms with E-state index in [4.69, 9.17) is 9.84 Å². The smallest absolute Gasteiger partial charge is 0.319 e. The normalized spacial score (nSPS) is 27.5. The Bertz CT molecular complexity index is 318. The van der Waals surface area contributed by atoms with Crippen molar-refractivity contribution in [3.8, 4) is 0 Å². The third kappa shape index (κ3) is 2.29. The van der Waals surface area contributed by atoms with Crippen molar-refractivity contribution in [2.45, 2.75) is 51.2 Å². The molecule has 2 atom stereocenters. The van der Waals surface area contributed by atoms with Crippen LogP contribution in [0.4, 0.5) is 0 Å². The van der Waals surface area contributed by atoms with Gasteiger partial charge >= 0.3 is 5.97 Å². The Morgan fingerprint density at radius 1 is 1.53 bits per heavy atom. The molecule has 0 aromatic carbocycles. The van der Waals surface area contributed by atoms with Gasteiger partial charge < -0.3 is 15.2 Å². The van der Waals surface area contributed by atoms with E-state index < -0.39 is 11.4 Å². The molecule has 17 heavy (non-hydrogen) atoms. The van der Waals surface area contributed by atoms with Crippen LogP contribution in [-0.2, 0) is 14.3 Å². The number of carboxylic acid groups (broad SMARTS) is 1. The van der Waals surface area contributed by atoms with Gasteiger partial charge in [-0.3, -0.25) is 9.59 Å². The summed E-state index contributed by atoms with van der Waals surface area (Å²) in [7, 11) is 0. The van der Waals surface area contributed by atoms with Crippen molar-refractivity contribution in [1.29, 1.82) is 0 Å². The molecular formula is C12H19NO4. The van der Waals surface area contributed by atoms with E-state index in [0.29, 0.717) is 12.8 Å². The van der Waals surface area contributed by atoms with Crippen LogP contribution in [0.3, 0.4) is 0 Å². The summed E-state index contributed by atoms with van der Waals surface area (Å²) in [5.74, 6) is -1.34. The third-order valence-electron chi connectivity index (χ3n) is 3.76. The number of ether oxygens (including phenoxy) is 1. The van der Waals surface area contributed by atoms with Crippen LogP contribution < -0.4 is 5.32 Å². The van der Waals surface area contributed by atoms with Crippen LogP contribution in [-0.4, -0.2) is 35.7 Å². The summed E-state index contributed by atoms with van der Waals surface area (Å²) in [6.45, 7) is 2.72. The predicted molar refractivity (Wildman–Crippen MR) is 60.5 cm³/mol. The van der Waals surface area contributed by atoms with Crippen molar-refractivity contribution in [2.24, 2.45) is 5.41 Å². The van der Waals surface area contributed by atoms with E-state index >= 15 is 0 Å². The number of hydrogen-bond acceptors (Lipinski definition) is 3. The molecule has 0 bridgehead atoms. The van der Waals surface area contributed by atoms with Gasteiger partial charge in [0.25, 0.3) is 0 Å². The number of carboxylic acids is 1. The van der Waals surface area contributed by atoms with Crippen molar-refractivity contribution in [3.63, 3.8) is 0 Å². The van der Waals surface area contributed by atoms with Crippen LogP contribution in [0.2, 0.25) is 0 Å². The molecule has 2 fully saturated rings. The van der Waals surface area contributed by atoms with Crippen LogP contribution in [0.5, 0.6) is 0 Å². The summed E-state index contributed by atoms with van der Waals surface area (Å²) in [4.78, 5) is 23.0. The first-order valence-corrected chi connectivity index (χ1v) is 6.26. The van der Waals surface area contributed by atoms with Crippen LogP contribution in [0.1, 0.15) is 39.0 Å². The van der Waals surface area contributed by atoms with Gasteiger partial charge in [-0.2, -0.15) is 0 Å². The van der Waals surface area contributed by atoms with E-state index in [9.17, 15) is 9.59 Å². The molecule has 0 aromatic heterocycles. The van der Waals surface area contributed by atoms with Gasteiger partial charge in [-0.25, -0.2) is 0 Å². The Labute approximate surface area is 101 Å². The maximum absolute atomic E-state index is 11.9. The zero-order valence-corrected chi connectivity index (χ0v) is 10.1. The minimum absolute atomic E-state index is 0.0496. The van der Waals surface area contributed by atoms with Crippen molar-refractivity contribution < 1.29 is 19.4 Å². The molecule has 1 aliphatic heterocycles. The molecule has 1 amide bonds. The highest BCUT2D eigenvalue weighted by Crippen LogP contribution is 2.46. The molecular weight excluding hydrogens is 222 g/mol. The zero-order valence-electron chi connectivity index (χ0n) is 10.1. The maximum Gasteiger partial charge on any atom is 0.319 e. The topological polar surface area (TPSA) is 75.6 Å². The fraction of sp³-hybridized carbons (Fsp3) is 0.833. The fourth-order valence-electron chi connectivity index (χ4n) is 2.35. The van der Waals surface area contributed by atoms with Crippen LogP contribution in [0, 0.1) is 5.41 Å². The molecule has 5 nitrogen and oxygen atoms in total. The monoisotopic (exact) mass is 241 g/mol. The number of hydrogen-bond donors (Lipinski definition) is 2. The van der Waals surface area contributed by atoms with Gasteiger partial charge in [0.1, 0.15) is 5.41 Å². The maximum atomic E-state index is 11.9. The van der Waals surface area contributed by atoms with Gasteiger partial charge in [0.15, 0.2) is 0 Å². The Morgan fingerprint density at radius 3 is 2.65 bits per heavy atom. The minimum atomic E-state index is -1.15. The average Bonchev–Trinajstić information content (AvgIpc) is 2.96. The largest absolute Gasteiger partial charge is 0.480 e. The summed E-state index contributed by atoms with van der Waals surface area (Å²) < 4.78 is 5.54. The molecule has 0 radical (unpaired) electrons. The van der Waals surface area contributed by atoms with E-state index in [2.05, 4.69) is 5.32 Å². The lowest BCUT2D eigenvalue weighted by Gasteiger charge is -2.24. The molecule has 1 saturated carbocycles. The van der Waals surface area contributed by atoms with Crippen LogP contribution >= 0.6 is 0 Å². The number of carbonyl (C=O) groups excluding carboxylic acids is 1. The van der Waals surface area contributed by atoms with E-state index in [1.165, 1.54) is 0 Å². The Morgan fingerprint density at radius 2 is 2.24 bits per heavy atom. The van der Waals surface area contributed by atoms with Gasteiger partial charge in [0, 0.05) is 6.61 Å². The molecule has 2 N–H and O–H groups in total. The van der Waals surface area contributed by atoms with E-state index in [-0.39, 0.29) is 18.1 Å². The molecule has 2 rings (SSSR count). The quantitative estimate of drug-likeness (QED) is 0.702. The van der Waals surface area contributed by atoms with Crippen molar-refractivity contribution in [2.75, 3.05) is 6.61 Å². The van der Waals surface area contributed by atoms with E-state index in [1.54, 1.807) is 0 Å². The minimum Gasteiger partial charge on any atom is -0.480 e. The molecule has 1 aliphatic carbocycles. The van der Waals surface area contributed by atoms with Gasteiger partial charge in [0.2, 0.25) is 5.91 Å². The second-order valence-electron chi connectivity index (χ2n) is 4.93. The van der Waals surface area contributed by atoms with Crippen molar-refractivity contribution in [3.05, 3.63) is 0 Å². The van der Waals surface area contributed by atoms with Gasteiger partial charge in [0.05, 0.1) is 12.1 Å². The molecule has 1 heterocycles. The van der Waals surface area contributed by atoms with Gasteiger partial charge in [-0.05, 0) is 32.1 Å². The molecule has 2 unspecified atom stereocenters.